The van der Waals surface area contributed by atoms with Crippen LogP contribution in [0.25, 0.3) is 21.7 Å². The van der Waals surface area contributed by atoms with Crippen molar-refractivity contribution >= 4 is 28.3 Å². The summed E-state index contributed by atoms with van der Waals surface area (Å²) in [5.41, 5.74) is 5.01. The average molecular weight is 476 g/mol. The van der Waals surface area contributed by atoms with Crippen molar-refractivity contribution < 1.29 is 9.59 Å². The van der Waals surface area contributed by atoms with E-state index in [-0.39, 0.29) is 17.7 Å². The van der Waals surface area contributed by atoms with Crippen molar-refractivity contribution in [2.75, 3.05) is 18.4 Å². The van der Waals surface area contributed by atoms with Crippen molar-refractivity contribution in [1.82, 2.24) is 9.88 Å². The Morgan fingerprint density at radius 1 is 0.912 bits per heavy atom. The minimum atomic E-state index is -0.394. The molecule has 0 spiro atoms. The van der Waals surface area contributed by atoms with Gasteiger partial charge >= 0.3 is 0 Å². The highest BCUT2D eigenvalue weighted by Gasteiger charge is 2.32. The fraction of sp³-hybridized carbons (Fsp3) is 0.393. The van der Waals surface area contributed by atoms with Crippen molar-refractivity contribution in [3.05, 3.63) is 59.7 Å². The molecule has 0 bridgehead atoms. The number of rotatable bonds is 4. The number of likely N-dealkylation sites (tertiary alicyclic amines) is 1. The zero-order chi connectivity index (χ0) is 24.5. The monoisotopic (exact) mass is 475 g/mol. The number of benzene rings is 2. The first-order chi connectivity index (χ1) is 16.1. The van der Waals surface area contributed by atoms with Crippen LogP contribution < -0.4 is 5.32 Å². The van der Waals surface area contributed by atoms with Crippen LogP contribution >= 0.6 is 11.3 Å². The zero-order valence-corrected chi connectivity index (χ0v) is 21.5. The summed E-state index contributed by atoms with van der Waals surface area (Å²) in [5.74, 6) is 0.0258. The van der Waals surface area contributed by atoms with Gasteiger partial charge in [-0.1, -0.05) is 91.8 Å². The van der Waals surface area contributed by atoms with Gasteiger partial charge in [-0.3, -0.25) is 9.59 Å². The van der Waals surface area contributed by atoms with Gasteiger partial charge in [-0.15, -0.1) is 0 Å². The van der Waals surface area contributed by atoms with Gasteiger partial charge in [-0.05, 0) is 32.3 Å². The molecule has 1 aliphatic rings. The van der Waals surface area contributed by atoms with E-state index in [1.54, 1.807) is 0 Å². The second-order valence-electron chi connectivity index (χ2n) is 10.2. The van der Waals surface area contributed by atoms with Gasteiger partial charge in [0.25, 0.3) is 0 Å². The average Bonchev–Trinajstić information content (AvgIpc) is 3.22. The normalized spacial score (nSPS) is 14.8. The van der Waals surface area contributed by atoms with Gasteiger partial charge in [0, 0.05) is 30.0 Å². The molecule has 6 heteroatoms. The molecule has 1 fully saturated rings. The minimum absolute atomic E-state index is 0.0116. The first-order valence-electron chi connectivity index (χ1n) is 11.9. The number of piperidine rings is 1. The highest BCUT2D eigenvalue weighted by molar-refractivity contribution is 7.19. The number of aromatic nitrogens is 1. The molecular weight excluding hydrogens is 442 g/mol. The van der Waals surface area contributed by atoms with E-state index in [9.17, 15) is 9.59 Å². The summed E-state index contributed by atoms with van der Waals surface area (Å²) in [6.07, 6.45) is 1.35. The molecule has 2 amide bonds. The summed E-state index contributed by atoms with van der Waals surface area (Å²) >= 11 is 1.51. The van der Waals surface area contributed by atoms with Crippen molar-refractivity contribution in [2.24, 2.45) is 11.3 Å². The van der Waals surface area contributed by atoms with E-state index in [4.69, 9.17) is 4.98 Å². The van der Waals surface area contributed by atoms with E-state index in [2.05, 4.69) is 67.7 Å². The van der Waals surface area contributed by atoms with Gasteiger partial charge in [0.15, 0.2) is 5.13 Å². The molecule has 178 valence electrons. The van der Waals surface area contributed by atoms with Crippen LogP contribution in [0.2, 0.25) is 0 Å². The van der Waals surface area contributed by atoms with Gasteiger partial charge in [0.05, 0.1) is 10.6 Å². The summed E-state index contributed by atoms with van der Waals surface area (Å²) in [6.45, 7) is 11.2. The number of nitrogens with one attached hydrogen (secondary N) is 1. The van der Waals surface area contributed by atoms with Crippen LogP contribution in [0.1, 0.15) is 44.7 Å². The lowest BCUT2D eigenvalue weighted by Crippen LogP contribution is -2.45. The molecule has 0 saturated carbocycles. The molecule has 0 radical (unpaired) electrons. The lowest BCUT2D eigenvalue weighted by Gasteiger charge is -2.35. The molecule has 2 heterocycles. The van der Waals surface area contributed by atoms with Crippen molar-refractivity contribution in [3.8, 4) is 21.7 Å². The molecule has 5 nitrogen and oxygen atoms in total. The number of hydrogen-bond acceptors (Lipinski definition) is 4. The summed E-state index contributed by atoms with van der Waals surface area (Å²) in [7, 11) is 0. The SMILES string of the molecule is Cc1ccc(-c2nc(NC(=O)C3CCN(C(=O)C(C)(C)C)CC3)sc2-c2ccc(C)cc2)cc1. The van der Waals surface area contributed by atoms with Gasteiger partial charge in [-0.2, -0.15) is 0 Å². The van der Waals surface area contributed by atoms with Crippen LogP contribution in [0.5, 0.6) is 0 Å². The molecule has 0 atom stereocenters. The quantitative estimate of drug-likeness (QED) is 0.480. The van der Waals surface area contributed by atoms with Crippen LogP contribution in [0.15, 0.2) is 48.5 Å². The molecule has 1 saturated heterocycles. The molecule has 1 N–H and O–H groups in total. The number of aryl methyl sites for hydroxylation is 2. The fourth-order valence-electron chi connectivity index (χ4n) is 4.21. The van der Waals surface area contributed by atoms with E-state index >= 15 is 0 Å². The maximum Gasteiger partial charge on any atom is 0.229 e. The summed E-state index contributed by atoms with van der Waals surface area (Å²) in [4.78, 5) is 33.4. The Balaban J connectivity index is 1.53. The van der Waals surface area contributed by atoms with Crippen molar-refractivity contribution in [2.45, 2.75) is 47.5 Å². The third kappa shape index (κ3) is 5.39. The highest BCUT2D eigenvalue weighted by atomic mass is 32.1. The van der Waals surface area contributed by atoms with Gasteiger partial charge in [0.1, 0.15) is 0 Å². The number of hydrogen-bond donors (Lipinski definition) is 1. The Bertz CT molecular complexity index is 1100. The van der Waals surface area contributed by atoms with Crippen LogP contribution in [0.3, 0.4) is 0 Å². The number of carbonyl (C=O) groups excluding carboxylic acids is 2. The molecular formula is C28H33N3O2S. The van der Waals surface area contributed by atoms with Crippen molar-refractivity contribution in [1.29, 1.82) is 0 Å². The molecule has 0 aliphatic carbocycles. The third-order valence-corrected chi connectivity index (χ3v) is 7.31. The Morgan fingerprint density at radius 3 is 1.97 bits per heavy atom. The first-order valence-corrected chi connectivity index (χ1v) is 12.7. The molecule has 1 aliphatic heterocycles. The number of thiazole rings is 1. The number of anilines is 1. The van der Waals surface area contributed by atoms with E-state index < -0.39 is 5.41 Å². The van der Waals surface area contributed by atoms with Crippen molar-refractivity contribution in [3.63, 3.8) is 0 Å². The Kier molecular flexibility index (Phi) is 6.89. The lowest BCUT2D eigenvalue weighted by molar-refractivity contribution is -0.142. The highest BCUT2D eigenvalue weighted by Crippen LogP contribution is 2.39. The van der Waals surface area contributed by atoms with Gasteiger partial charge in [-0.25, -0.2) is 4.98 Å². The maximum atomic E-state index is 13.1. The summed E-state index contributed by atoms with van der Waals surface area (Å²) in [5, 5.41) is 3.69. The minimum Gasteiger partial charge on any atom is -0.342 e. The lowest BCUT2D eigenvalue weighted by atomic mass is 9.91. The fourth-order valence-corrected chi connectivity index (χ4v) is 5.20. The van der Waals surface area contributed by atoms with E-state index in [0.717, 1.165) is 21.7 Å². The van der Waals surface area contributed by atoms with Gasteiger partial charge in [0.2, 0.25) is 11.8 Å². The Hall–Kier alpha value is -2.99. The number of nitrogens with zero attached hydrogens (tertiary/aromatic N) is 2. The van der Waals surface area contributed by atoms with E-state index in [0.29, 0.717) is 31.1 Å². The second kappa shape index (κ2) is 9.71. The molecule has 0 unspecified atom stereocenters. The molecule has 34 heavy (non-hydrogen) atoms. The summed E-state index contributed by atoms with van der Waals surface area (Å²) in [6, 6.07) is 16.7. The third-order valence-electron chi connectivity index (χ3n) is 6.29. The molecule has 3 aromatic rings. The smallest absolute Gasteiger partial charge is 0.229 e. The van der Waals surface area contributed by atoms with Crippen LogP contribution in [0, 0.1) is 25.2 Å². The topological polar surface area (TPSA) is 62.3 Å². The van der Waals surface area contributed by atoms with Gasteiger partial charge < -0.3 is 10.2 Å². The van der Waals surface area contributed by atoms with E-state index in [1.165, 1.54) is 22.5 Å². The predicted molar refractivity (Wildman–Crippen MR) is 140 cm³/mol. The standard InChI is InChI=1S/C28H33N3O2S/c1-18-6-10-20(11-7-18)23-24(21-12-8-19(2)9-13-21)34-27(29-23)30-25(32)22-14-16-31(17-15-22)26(33)28(3,4)5/h6-13,22H,14-17H2,1-5H3,(H,29,30,32). The molecule has 2 aromatic carbocycles. The van der Waals surface area contributed by atoms with E-state index in [1.807, 2.05) is 25.7 Å². The summed E-state index contributed by atoms with van der Waals surface area (Å²) < 4.78 is 0. The Labute approximate surface area is 206 Å². The van der Waals surface area contributed by atoms with Crippen LogP contribution in [0.4, 0.5) is 5.13 Å². The zero-order valence-electron chi connectivity index (χ0n) is 20.6. The molecule has 1 aromatic heterocycles. The first kappa shape index (κ1) is 24.1. The Morgan fingerprint density at radius 2 is 1.44 bits per heavy atom. The predicted octanol–water partition coefficient (Wildman–Crippen LogP) is 6.32. The second-order valence-corrected chi connectivity index (χ2v) is 11.2. The number of carbonyl (C=O) groups is 2. The maximum absolute atomic E-state index is 13.1. The van der Waals surface area contributed by atoms with Crippen LogP contribution in [-0.2, 0) is 9.59 Å². The molecule has 4 rings (SSSR count). The largest absolute Gasteiger partial charge is 0.342 e. The van der Waals surface area contributed by atoms with Crippen LogP contribution in [-0.4, -0.2) is 34.8 Å². The number of amides is 2.